The van der Waals surface area contributed by atoms with Gasteiger partial charge >= 0.3 is 5.69 Å². The minimum absolute atomic E-state index is 0.0848. The van der Waals surface area contributed by atoms with Crippen molar-refractivity contribution in [1.29, 1.82) is 0 Å². The Morgan fingerprint density at radius 2 is 2.00 bits per heavy atom. The van der Waals surface area contributed by atoms with E-state index in [1.807, 2.05) is 31.1 Å². The Hall–Kier alpha value is -4.54. The number of halogens is 2. The molecule has 0 radical (unpaired) electrons. The van der Waals surface area contributed by atoms with E-state index in [-0.39, 0.29) is 46.5 Å². The van der Waals surface area contributed by atoms with Gasteiger partial charge in [-0.3, -0.25) is 4.79 Å². The summed E-state index contributed by atoms with van der Waals surface area (Å²) < 4.78 is 39.3. The van der Waals surface area contributed by atoms with Crippen molar-refractivity contribution < 1.29 is 18.3 Å². The van der Waals surface area contributed by atoms with Crippen molar-refractivity contribution in [2.45, 2.75) is 58.0 Å². The molecule has 0 N–H and O–H groups in total. The average molecular weight is 617 g/mol. The summed E-state index contributed by atoms with van der Waals surface area (Å²) in [5.41, 5.74) is 1.07. The molecule has 2 aromatic heterocycles. The zero-order valence-electron chi connectivity index (χ0n) is 25.9. The number of likely N-dealkylation sites (N-methyl/N-ethyl adjacent to an activating group) is 1. The maximum absolute atomic E-state index is 16.3. The van der Waals surface area contributed by atoms with Crippen LogP contribution in [-0.4, -0.2) is 75.6 Å². The van der Waals surface area contributed by atoms with E-state index in [0.717, 1.165) is 30.5 Å². The van der Waals surface area contributed by atoms with Gasteiger partial charge in [0.05, 0.1) is 29.3 Å². The fourth-order valence-corrected chi connectivity index (χ4v) is 6.69. The lowest BCUT2D eigenvalue weighted by Gasteiger charge is -2.40. The molecule has 0 spiro atoms. The van der Waals surface area contributed by atoms with Crippen molar-refractivity contribution in [2.24, 2.45) is 0 Å². The highest BCUT2D eigenvalue weighted by Gasteiger charge is 2.33. The first-order valence-corrected chi connectivity index (χ1v) is 15.6. The number of pyridine rings is 1. The van der Waals surface area contributed by atoms with Gasteiger partial charge in [-0.1, -0.05) is 26.0 Å². The van der Waals surface area contributed by atoms with Crippen LogP contribution in [0.1, 0.15) is 46.0 Å². The van der Waals surface area contributed by atoms with Crippen LogP contribution in [0.2, 0.25) is 0 Å². The number of anilines is 1. The molecular formula is C34H38F2N6O3. The van der Waals surface area contributed by atoms with E-state index in [1.165, 1.54) is 28.8 Å². The molecule has 2 bridgehead atoms. The van der Waals surface area contributed by atoms with Crippen LogP contribution in [-0.2, 0) is 4.79 Å². The van der Waals surface area contributed by atoms with Gasteiger partial charge in [0.25, 0.3) is 0 Å². The number of nitrogens with zero attached hydrogens (tertiary/aromatic N) is 6. The number of fused-ring (bicyclic) bond motifs is 4. The summed E-state index contributed by atoms with van der Waals surface area (Å²) in [6.45, 7) is 9.07. The van der Waals surface area contributed by atoms with Gasteiger partial charge in [-0.2, -0.15) is 4.98 Å². The number of hydrogen-bond donors (Lipinski definition) is 0. The molecular weight excluding hydrogens is 578 g/mol. The van der Waals surface area contributed by atoms with Crippen molar-refractivity contribution in [1.82, 2.24) is 24.3 Å². The Labute approximate surface area is 261 Å². The van der Waals surface area contributed by atoms with Gasteiger partial charge in [0.1, 0.15) is 23.1 Å². The first-order valence-electron chi connectivity index (χ1n) is 15.6. The fourth-order valence-electron chi connectivity index (χ4n) is 6.69. The summed E-state index contributed by atoms with van der Waals surface area (Å²) in [6, 6.07) is 5.30. The molecule has 9 nitrogen and oxygen atoms in total. The highest BCUT2D eigenvalue weighted by Crippen LogP contribution is 2.39. The third kappa shape index (κ3) is 5.49. The van der Waals surface area contributed by atoms with Gasteiger partial charge in [0.15, 0.2) is 11.5 Å². The Morgan fingerprint density at radius 1 is 1.18 bits per heavy atom. The van der Waals surface area contributed by atoms with Gasteiger partial charge in [0.2, 0.25) is 5.91 Å². The summed E-state index contributed by atoms with van der Waals surface area (Å²) in [7, 11) is 1.97. The van der Waals surface area contributed by atoms with Crippen LogP contribution < -0.4 is 15.3 Å². The number of benzene rings is 1. The topological polar surface area (TPSA) is 83.8 Å². The SMILES string of the molecule is C=CC(=O)N1CCN(c2nc(=O)n3c4nc(c(F)cc24)-c2c(F)cccc2OCCCCC2=C3C(CCC)N(C)C=C2)[C@@H](C)C1. The van der Waals surface area contributed by atoms with Crippen LogP contribution in [0.25, 0.3) is 28.0 Å². The van der Waals surface area contributed by atoms with Crippen molar-refractivity contribution in [2.75, 3.05) is 38.2 Å². The zero-order valence-corrected chi connectivity index (χ0v) is 25.9. The summed E-state index contributed by atoms with van der Waals surface area (Å²) >= 11 is 0. The van der Waals surface area contributed by atoms with Gasteiger partial charge in [-0.05, 0) is 74.7 Å². The predicted molar refractivity (Wildman–Crippen MR) is 171 cm³/mol. The summed E-state index contributed by atoms with van der Waals surface area (Å²) in [5.74, 6) is -1.12. The maximum Gasteiger partial charge on any atom is 0.355 e. The standard InChI is InChI=1S/C34H38F2N6O3/c1-5-10-26-31-22(14-15-39(26)4)11-7-8-18-45-27-13-9-12-24(35)29(27)30-25(36)19-23-32(38-34(44)42(31)33(23)37-30)41-17-16-40(20-21(41)3)28(43)6-2/h6,9,12-15,19,21,26H,2,5,7-8,10-11,16-18,20H2,1,3-4H3/t21-,26?/m0/s1. The van der Waals surface area contributed by atoms with Crippen LogP contribution >= 0.6 is 0 Å². The smallest absolute Gasteiger partial charge is 0.355 e. The van der Waals surface area contributed by atoms with Crippen molar-refractivity contribution >= 4 is 28.5 Å². The number of carbonyl (C=O) groups excluding carboxylic acids is 1. The van der Waals surface area contributed by atoms with Crippen LogP contribution in [0, 0.1) is 11.6 Å². The van der Waals surface area contributed by atoms with E-state index >= 15 is 8.78 Å². The average Bonchev–Trinajstić information content (AvgIpc) is 3.03. The molecule has 45 heavy (non-hydrogen) atoms. The first-order chi connectivity index (χ1) is 21.7. The van der Waals surface area contributed by atoms with E-state index in [9.17, 15) is 9.59 Å². The summed E-state index contributed by atoms with van der Waals surface area (Å²) in [4.78, 5) is 41.7. The third-order valence-electron chi connectivity index (χ3n) is 8.95. The minimum Gasteiger partial charge on any atom is -0.493 e. The van der Waals surface area contributed by atoms with Gasteiger partial charge < -0.3 is 19.4 Å². The van der Waals surface area contributed by atoms with Crippen LogP contribution in [0.4, 0.5) is 14.6 Å². The van der Waals surface area contributed by atoms with Gasteiger partial charge in [-0.15, -0.1) is 0 Å². The van der Waals surface area contributed by atoms with E-state index < -0.39 is 17.3 Å². The van der Waals surface area contributed by atoms with E-state index in [4.69, 9.17) is 9.72 Å². The molecule has 6 rings (SSSR count). The molecule has 3 aliphatic heterocycles. The Bertz CT molecular complexity index is 1780. The Kier molecular flexibility index (Phi) is 8.44. The Balaban J connectivity index is 1.66. The number of carbonyl (C=O) groups is 1. The van der Waals surface area contributed by atoms with Gasteiger partial charge in [-0.25, -0.2) is 23.1 Å². The lowest BCUT2D eigenvalue weighted by atomic mass is 9.95. The molecule has 2 atom stereocenters. The van der Waals surface area contributed by atoms with Crippen molar-refractivity contribution in [3.05, 3.63) is 76.9 Å². The minimum atomic E-state index is -0.756. The van der Waals surface area contributed by atoms with Gasteiger partial charge in [0, 0.05) is 32.7 Å². The number of allylic oxidation sites excluding steroid dienone is 2. The number of rotatable bonds is 4. The fraction of sp³-hybridized carbons (Fsp3) is 0.412. The predicted octanol–water partition coefficient (Wildman–Crippen LogP) is 5.36. The van der Waals surface area contributed by atoms with E-state index in [0.29, 0.717) is 44.5 Å². The largest absolute Gasteiger partial charge is 0.493 e. The number of hydrogen-bond acceptors (Lipinski definition) is 7. The second kappa shape index (κ2) is 12.5. The highest BCUT2D eigenvalue weighted by atomic mass is 19.1. The molecule has 1 amide bonds. The molecule has 5 heterocycles. The summed E-state index contributed by atoms with van der Waals surface area (Å²) in [6.07, 6.45) is 9.08. The molecule has 0 saturated carbocycles. The summed E-state index contributed by atoms with van der Waals surface area (Å²) in [5, 5.41) is 0.333. The molecule has 1 fully saturated rings. The monoisotopic (exact) mass is 616 g/mol. The third-order valence-corrected chi connectivity index (χ3v) is 8.95. The number of piperazine rings is 1. The second-order valence-corrected chi connectivity index (χ2v) is 11.9. The van der Waals surface area contributed by atoms with Crippen LogP contribution in [0.15, 0.2) is 59.6 Å². The second-order valence-electron chi connectivity index (χ2n) is 11.9. The molecule has 1 aromatic carbocycles. The normalized spacial score (nSPS) is 20.2. The van der Waals surface area contributed by atoms with Crippen molar-refractivity contribution in [3.8, 4) is 17.0 Å². The molecule has 0 aliphatic carbocycles. The Morgan fingerprint density at radius 3 is 2.76 bits per heavy atom. The number of ether oxygens (including phenoxy) is 1. The molecule has 11 heteroatoms. The number of aromatic nitrogens is 3. The first kappa shape index (κ1) is 30.5. The molecule has 3 aliphatic rings. The van der Waals surface area contributed by atoms with E-state index in [1.54, 1.807) is 11.0 Å². The maximum atomic E-state index is 16.3. The molecule has 1 saturated heterocycles. The lowest BCUT2D eigenvalue weighted by molar-refractivity contribution is -0.126. The van der Waals surface area contributed by atoms with Crippen LogP contribution in [0.3, 0.4) is 0 Å². The van der Waals surface area contributed by atoms with Crippen LogP contribution in [0.5, 0.6) is 5.75 Å². The van der Waals surface area contributed by atoms with Crippen molar-refractivity contribution in [3.63, 3.8) is 0 Å². The zero-order chi connectivity index (χ0) is 31.8. The molecule has 3 aromatic rings. The molecule has 1 unspecified atom stereocenters. The number of amides is 1. The highest BCUT2D eigenvalue weighted by molar-refractivity contribution is 5.92. The molecule has 236 valence electrons. The van der Waals surface area contributed by atoms with E-state index in [2.05, 4.69) is 23.4 Å². The quantitative estimate of drug-likeness (QED) is 0.365. The lowest BCUT2D eigenvalue weighted by Crippen LogP contribution is -2.54.